The Kier molecular flexibility index (Phi) is 4.39. The van der Waals surface area contributed by atoms with Crippen molar-refractivity contribution in [3.05, 3.63) is 35.6 Å². The van der Waals surface area contributed by atoms with Crippen LogP contribution in [0.3, 0.4) is 0 Å². The molecule has 7 heteroatoms. The highest BCUT2D eigenvalue weighted by Crippen LogP contribution is 2.26. The summed E-state index contributed by atoms with van der Waals surface area (Å²) < 4.78 is 38.7. The Bertz CT molecular complexity index is 586. The summed E-state index contributed by atoms with van der Waals surface area (Å²) in [5.41, 5.74) is 0.475. The zero-order chi connectivity index (χ0) is 14.8. The number of halogens is 1. The normalized spacial score (nSPS) is 20.7. The van der Waals surface area contributed by atoms with E-state index in [2.05, 4.69) is 5.32 Å². The van der Waals surface area contributed by atoms with Crippen LogP contribution in [0.5, 0.6) is 0 Å². The zero-order valence-electron chi connectivity index (χ0n) is 11.2. The molecule has 1 heterocycles. The average molecular weight is 300 g/mol. The summed E-state index contributed by atoms with van der Waals surface area (Å²) in [6, 6.07) is 4.42. The number of piperazine rings is 1. The van der Waals surface area contributed by atoms with Crippen LogP contribution in [0.25, 0.3) is 0 Å². The third-order valence-electron chi connectivity index (χ3n) is 3.17. The van der Waals surface area contributed by atoms with Crippen molar-refractivity contribution < 1.29 is 17.6 Å². The van der Waals surface area contributed by atoms with Crippen molar-refractivity contribution in [1.29, 1.82) is 0 Å². The molecule has 0 aromatic heterocycles. The maximum absolute atomic E-state index is 13.0. The van der Waals surface area contributed by atoms with Crippen molar-refractivity contribution in [2.24, 2.45) is 0 Å². The largest absolute Gasteiger partial charge is 0.353 e. The van der Waals surface area contributed by atoms with Crippen molar-refractivity contribution in [2.45, 2.75) is 19.4 Å². The molecular formula is C13H17FN2O3S. The number of carbonyl (C=O) groups is 1. The molecule has 110 valence electrons. The van der Waals surface area contributed by atoms with E-state index in [1.807, 2.05) is 0 Å². The Labute approximate surface area is 117 Å². The molecular weight excluding hydrogens is 283 g/mol. The summed E-state index contributed by atoms with van der Waals surface area (Å²) >= 11 is 0. The van der Waals surface area contributed by atoms with Crippen LogP contribution in [0.1, 0.15) is 24.9 Å². The number of sulfonamides is 1. The van der Waals surface area contributed by atoms with E-state index in [-0.39, 0.29) is 18.2 Å². The van der Waals surface area contributed by atoms with Crippen molar-refractivity contribution >= 4 is 15.9 Å². The van der Waals surface area contributed by atoms with Crippen molar-refractivity contribution in [3.8, 4) is 0 Å². The Morgan fingerprint density at radius 2 is 2.00 bits per heavy atom. The maximum atomic E-state index is 13.0. The van der Waals surface area contributed by atoms with Crippen LogP contribution < -0.4 is 5.32 Å². The fourth-order valence-corrected chi connectivity index (χ4v) is 3.94. The first-order chi connectivity index (χ1) is 9.45. The molecule has 5 nitrogen and oxygen atoms in total. The Morgan fingerprint density at radius 3 is 2.60 bits per heavy atom. The van der Waals surface area contributed by atoms with Crippen LogP contribution in [0, 0.1) is 5.82 Å². The third kappa shape index (κ3) is 2.99. The van der Waals surface area contributed by atoms with Crippen LogP contribution >= 0.6 is 0 Å². The lowest BCUT2D eigenvalue weighted by Gasteiger charge is -2.34. The van der Waals surface area contributed by atoms with E-state index in [1.165, 1.54) is 28.6 Å². The summed E-state index contributed by atoms with van der Waals surface area (Å²) in [5.74, 6) is -0.798. The monoisotopic (exact) mass is 300 g/mol. The molecule has 20 heavy (non-hydrogen) atoms. The molecule has 2 rings (SSSR count). The number of rotatable bonds is 4. The maximum Gasteiger partial charge on any atom is 0.243 e. The van der Waals surface area contributed by atoms with Gasteiger partial charge in [-0.3, -0.25) is 4.79 Å². The molecule has 1 N–H and O–H groups in total. The van der Waals surface area contributed by atoms with Gasteiger partial charge >= 0.3 is 0 Å². The molecule has 1 amide bonds. The van der Waals surface area contributed by atoms with E-state index < -0.39 is 21.9 Å². The van der Waals surface area contributed by atoms with Gasteiger partial charge in [-0.05, 0) is 24.1 Å². The lowest BCUT2D eigenvalue weighted by molar-refractivity contribution is -0.126. The van der Waals surface area contributed by atoms with Gasteiger partial charge < -0.3 is 5.32 Å². The van der Waals surface area contributed by atoms with Gasteiger partial charge in [-0.1, -0.05) is 19.1 Å². The van der Waals surface area contributed by atoms with Gasteiger partial charge in [-0.15, -0.1) is 0 Å². The van der Waals surface area contributed by atoms with Gasteiger partial charge in [0.1, 0.15) is 11.9 Å². The molecule has 1 unspecified atom stereocenters. The summed E-state index contributed by atoms with van der Waals surface area (Å²) in [6.45, 7) is 2.30. The molecule has 1 aliphatic heterocycles. The Balaban J connectivity index is 2.39. The first kappa shape index (κ1) is 14.9. The molecule has 1 aromatic rings. The molecule has 0 saturated carbocycles. The van der Waals surface area contributed by atoms with E-state index in [0.29, 0.717) is 18.5 Å². The zero-order valence-corrected chi connectivity index (χ0v) is 12.0. The summed E-state index contributed by atoms with van der Waals surface area (Å²) in [7, 11) is -3.50. The van der Waals surface area contributed by atoms with Gasteiger partial charge in [0.05, 0.1) is 5.75 Å². The minimum absolute atomic E-state index is 0.00201. The number of carbonyl (C=O) groups excluding carboxylic acids is 1. The topological polar surface area (TPSA) is 66.5 Å². The fourth-order valence-electron chi connectivity index (χ4n) is 2.28. The standard InChI is InChI=1S/C13H17FN2O3S/c1-2-9-20(18,19)16-8-7-15-13(17)12(16)10-3-5-11(14)6-4-10/h3-6,12H,2,7-9H2,1H3,(H,15,17). The second-order valence-corrected chi connectivity index (χ2v) is 6.71. The Morgan fingerprint density at radius 1 is 1.35 bits per heavy atom. The van der Waals surface area contributed by atoms with Gasteiger partial charge in [0.15, 0.2) is 0 Å². The fraction of sp³-hybridized carbons (Fsp3) is 0.462. The molecule has 1 atom stereocenters. The average Bonchev–Trinajstić information content (AvgIpc) is 2.40. The second-order valence-electron chi connectivity index (χ2n) is 4.67. The van der Waals surface area contributed by atoms with E-state index in [4.69, 9.17) is 0 Å². The highest BCUT2D eigenvalue weighted by molar-refractivity contribution is 7.89. The van der Waals surface area contributed by atoms with Crippen molar-refractivity contribution in [1.82, 2.24) is 9.62 Å². The number of hydrogen-bond acceptors (Lipinski definition) is 3. The molecule has 1 aliphatic rings. The lowest BCUT2D eigenvalue weighted by atomic mass is 10.0. The molecule has 1 fully saturated rings. The quantitative estimate of drug-likeness (QED) is 0.903. The molecule has 0 radical (unpaired) electrons. The van der Waals surface area contributed by atoms with E-state index in [9.17, 15) is 17.6 Å². The molecule has 1 saturated heterocycles. The van der Waals surface area contributed by atoms with Crippen LogP contribution in [0.4, 0.5) is 4.39 Å². The minimum Gasteiger partial charge on any atom is -0.353 e. The summed E-state index contributed by atoms with van der Waals surface area (Å²) in [4.78, 5) is 12.0. The van der Waals surface area contributed by atoms with Gasteiger partial charge in [0.2, 0.25) is 15.9 Å². The SMILES string of the molecule is CCCS(=O)(=O)N1CCNC(=O)C1c1ccc(F)cc1. The molecule has 0 bridgehead atoms. The first-order valence-corrected chi connectivity index (χ1v) is 8.09. The van der Waals surface area contributed by atoms with Gasteiger partial charge in [-0.25, -0.2) is 12.8 Å². The number of nitrogens with zero attached hydrogens (tertiary/aromatic N) is 1. The van der Waals surface area contributed by atoms with Crippen LogP contribution in [0.2, 0.25) is 0 Å². The lowest BCUT2D eigenvalue weighted by Crippen LogP contribution is -2.52. The highest BCUT2D eigenvalue weighted by atomic mass is 32.2. The van der Waals surface area contributed by atoms with Crippen molar-refractivity contribution in [2.75, 3.05) is 18.8 Å². The van der Waals surface area contributed by atoms with Gasteiger partial charge in [0.25, 0.3) is 0 Å². The van der Waals surface area contributed by atoms with Crippen LogP contribution in [-0.4, -0.2) is 37.5 Å². The molecule has 0 spiro atoms. The molecule has 0 aliphatic carbocycles. The number of nitrogens with one attached hydrogen (secondary N) is 1. The highest BCUT2D eigenvalue weighted by Gasteiger charge is 2.38. The number of amides is 1. The predicted octanol–water partition coefficient (Wildman–Crippen LogP) is 1.04. The van der Waals surface area contributed by atoms with Gasteiger partial charge in [-0.2, -0.15) is 4.31 Å². The van der Waals surface area contributed by atoms with E-state index in [0.717, 1.165) is 0 Å². The molecule has 1 aromatic carbocycles. The van der Waals surface area contributed by atoms with E-state index in [1.54, 1.807) is 6.92 Å². The first-order valence-electron chi connectivity index (χ1n) is 6.48. The van der Waals surface area contributed by atoms with Crippen molar-refractivity contribution in [3.63, 3.8) is 0 Å². The number of benzene rings is 1. The smallest absolute Gasteiger partial charge is 0.243 e. The van der Waals surface area contributed by atoms with Crippen LogP contribution in [0.15, 0.2) is 24.3 Å². The second kappa shape index (κ2) is 5.88. The predicted molar refractivity (Wildman–Crippen MR) is 72.9 cm³/mol. The minimum atomic E-state index is -3.50. The number of hydrogen-bond donors (Lipinski definition) is 1. The van der Waals surface area contributed by atoms with E-state index >= 15 is 0 Å². The third-order valence-corrected chi connectivity index (χ3v) is 5.21. The Hall–Kier alpha value is -1.47. The van der Waals surface area contributed by atoms with Gasteiger partial charge in [0, 0.05) is 13.1 Å². The van der Waals surface area contributed by atoms with Crippen LogP contribution in [-0.2, 0) is 14.8 Å². The summed E-state index contributed by atoms with van der Waals surface area (Å²) in [6.07, 6.45) is 0.483. The summed E-state index contributed by atoms with van der Waals surface area (Å²) in [5, 5.41) is 2.65.